The second kappa shape index (κ2) is 8.51. The lowest BCUT2D eigenvalue weighted by atomic mass is 10.00. The Kier molecular flexibility index (Phi) is 5.62. The van der Waals surface area contributed by atoms with Gasteiger partial charge in [-0.3, -0.25) is 0 Å². The normalized spacial score (nSPS) is 11.1. The highest BCUT2D eigenvalue weighted by molar-refractivity contribution is 5.82. The first-order chi connectivity index (χ1) is 15.0. The minimum absolute atomic E-state index is 0.0606. The van der Waals surface area contributed by atoms with Gasteiger partial charge >= 0.3 is 5.63 Å². The van der Waals surface area contributed by atoms with Crippen LogP contribution in [0.1, 0.15) is 31.2 Å². The van der Waals surface area contributed by atoms with Gasteiger partial charge in [0.1, 0.15) is 22.8 Å². The monoisotopic (exact) mass is 422 g/mol. The van der Waals surface area contributed by atoms with E-state index in [9.17, 15) is 4.79 Å². The Morgan fingerprint density at radius 2 is 1.81 bits per heavy atom. The smallest absolute Gasteiger partial charge is 0.336 e. The van der Waals surface area contributed by atoms with Gasteiger partial charge in [-0.05, 0) is 35.7 Å². The number of benzene rings is 2. The Bertz CT molecular complexity index is 1270. The Morgan fingerprint density at radius 1 is 1.00 bits per heavy atom. The Morgan fingerprint density at radius 3 is 2.55 bits per heavy atom. The molecule has 31 heavy (non-hydrogen) atoms. The second-order valence-electron chi connectivity index (χ2n) is 7.20. The quantitative estimate of drug-likeness (QED) is 0.400. The summed E-state index contributed by atoms with van der Waals surface area (Å²) in [6.07, 6.45) is 0. The van der Waals surface area contributed by atoms with Crippen LogP contribution in [0.15, 0.2) is 56.2 Å². The summed E-state index contributed by atoms with van der Waals surface area (Å²) in [5.74, 6) is 2.63. The summed E-state index contributed by atoms with van der Waals surface area (Å²) in [5, 5.41) is 4.89. The van der Waals surface area contributed by atoms with Gasteiger partial charge in [0, 0.05) is 23.6 Å². The molecule has 8 heteroatoms. The molecule has 0 radical (unpaired) electrons. The highest BCUT2D eigenvalue weighted by atomic mass is 16.5. The van der Waals surface area contributed by atoms with Gasteiger partial charge < -0.3 is 23.2 Å². The van der Waals surface area contributed by atoms with Crippen LogP contribution in [0.4, 0.5) is 0 Å². The molecule has 0 amide bonds. The van der Waals surface area contributed by atoms with Gasteiger partial charge in [0.25, 0.3) is 5.89 Å². The Hall–Kier alpha value is -3.81. The van der Waals surface area contributed by atoms with Gasteiger partial charge in [-0.15, -0.1) is 0 Å². The fourth-order valence-electron chi connectivity index (χ4n) is 3.29. The van der Waals surface area contributed by atoms with Gasteiger partial charge in [0.05, 0.1) is 19.8 Å². The topological polar surface area (TPSA) is 96.8 Å². The van der Waals surface area contributed by atoms with Crippen LogP contribution in [0.5, 0.6) is 17.2 Å². The summed E-state index contributed by atoms with van der Waals surface area (Å²) in [6, 6.07) is 12.2. The van der Waals surface area contributed by atoms with Crippen LogP contribution in [0.3, 0.4) is 0 Å². The molecule has 0 bridgehead atoms. The molecule has 2 heterocycles. The molecule has 0 unspecified atom stereocenters. The zero-order valence-electron chi connectivity index (χ0n) is 17.7. The van der Waals surface area contributed by atoms with Crippen molar-refractivity contribution in [2.45, 2.75) is 26.4 Å². The minimum Gasteiger partial charge on any atom is -0.497 e. The molecule has 0 aliphatic carbocycles. The molecule has 0 N–H and O–H groups in total. The maximum Gasteiger partial charge on any atom is 0.336 e. The molecule has 8 nitrogen and oxygen atoms in total. The lowest BCUT2D eigenvalue weighted by Gasteiger charge is -2.10. The highest BCUT2D eigenvalue weighted by Gasteiger charge is 2.15. The first-order valence-corrected chi connectivity index (χ1v) is 9.74. The summed E-state index contributed by atoms with van der Waals surface area (Å²) in [6.45, 7) is 4.12. The van der Waals surface area contributed by atoms with E-state index >= 15 is 0 Å². The predicted octanol–water partition coefficient (Wildman–Crippen LogP) is 4.56. The van der Waals surface area contributed by atoms with E-state index in [-0.39, 0.29) is 18.2 Å². The molecule has 2 aromatic heterocycles. The fourth-order valence-corrected chi connectivity index (χ4v) is 3.29. The largest absolute Gasteiger partial charge is 0.497 e. The molecule has 0 fully saturated rings. The SMILES string of the molecule is COc1ccc(-c2noc(COc3ccc4c(C(C)C)cc(=O)oc4c3)n2)c(OC)c1. The summed E-state index contributed by atoms with van der Waals surface area (Å²) in [5.41, 5.74) is 1.70. The molecular weight excluding hydrogens is 400 g/mol. The van der Waals surface area contributed by atoms with Crippen LogP contribution in [0.25, 0.3) is 22.4 Å². The molecular formula is C23H22N2O6. The number of aromatic nitrogens is 2. The number of ether oxygens (including phenoxy) is 3. The Balaban J connectivity index is 1.54. The van der Waals surface area contributed by atoms with Crippen molar-refractivity contribution < 1.29 is 23.2 Å². The predicted molar refractivity (Wildman–Crippen MR) is 114 cm³/mol. The molecule has 0 aliphatic rings. The second-order valence-corrected chi connectivity index (χ2v) is 7.20. The fraction of sp³-hybridized carbons (Fsp3) is 0.261. The molecule has 4 rings (SSSR count). The van der Waals surface area contributed by atoms with E-state index in [1.165, 1.54) is 6.07 Å². The molecule has 0 atom stereocenters. The molecule has 160 valence electrons. The van der Waals surface area contributed by atoms with Crippen molar-refractivity contribution in [2.75, 3.05) is 14.2 Å². The number of fused-ring (bicyclic) bond motifs is 1. The zero-order chi connectivity index (χ0) is 22.0. The van der Waals surface area contributed by atoms with Crippen molar-refractivity contribution in [3.05, 3.63) is 64.3 Å². The number of hydrogen-bond acceptors (Lipinski definition) is 8. The van der Waals surface area contributed by atoms with Gasteiger partial charge in [0.2, 0.25) is 5.82 Å². The molecule has 0 saturated heterocycles. The summed E-state index contributed by atoms with van der Waals surface area (Å²) in [7, 11) is 3.14. The van der Waals surface area contributed by atoms with Crippen LogP contribution < -0.4 is 19.8 Å². The summed E-state index contributed by atoms with van der Waals surface area (Å²) < 4.78 is 27.0. The summed E-state index contributed by atoms with van der Waals surface area (Å²) in [4.78, 5) is 16.2. The standard InChI is InChI=1S/C23H22N2O6/c1-13(2)18-11-22(26)30-20-10-15(6-7-16(18)20)29-12-21-24-23(25-31-21)17-8-5-14(27-3)9-19(17)28-4/h5-11,13H,12H2,1-4H3. The summed E-state index contributed by atoms with van der Waals surface area (Å²) >= 11 is 0. The Labute approximate surface area is 178 Å². The molecule has 0 aliphatic heterocycles. The van der Waals surface area contributed by atoms with Crippen molar-refractivity contribution >= 4 is 11.0 Å². The van der Waals surface area contributed by atoms with E-state index in [1.807, 2.05) is 26.0 Å². The average molecular weight is 422 g/mol. The van der Waals surface area contributed by atoms with Crippen molar-refractivity contribution in [2.24, 2.45) is 0 Å². The zero-order valence-corrected chi connectivity index (χ0v) is 17.7. The van der Waals surface area contributed by atoms with Crippen LogP contribution >= 0.6 is 0 Å². The molecule has 4 aromatic rings. The van der Waals surface area contributed by atoms with Crippen LogP contribution in [-0.2, 0) is 6.61 Å². The van der Waals surface area contributed by atoms with Crippen molar-refractivity contribution in [1.82, 2.24) is 10.1 Å². The van der Waals surface area contributed by atoms with Crippen LogP contribution in [0, 0.1) is 0 Å². The van der Waals surface area contributed by atoms with E-state index in [0.717, 1.165) is 10.9 Å². The molecule has 2 aromatic carbocycles. The lowest BCUT2D eigenvalue weighted by molar-refractivity contribution is 0.243. The van der Waals surface area contributed by atoms with Gasteiger partial charge in [-0.2, -0.15) is 4.98 Å². The number of methoxy groups -OCH3 is 2. The third kappa shape index (κ3) is 4.23. The van der Waals surface area contributed by atoms with Crippen LogP contribution in [-0.4, -0.2) is 24.4 Å². The van der Waals surface area contributed by atoms with Gasteiger partial charge in [0.15, 0.2) is 6.61 Å². The third-order valence-electron chi connectivity index (χ3n) is 4.85. The highest BCUT2D eigenvalue weighted by Crippen LogP contribution is 2.32. The van der Waals surface area contributed by atoms with Crippen molar-refractivity contribution in [3.63, 3.8) is 0 Å². The first kappa shape index (κ1) is 20.5. The molecule has 0 saturated carbocycles. The maximum absolute atomic E-state index is 11.9. The number of nitrogens with zero attached hydrogens (tertiary/aromatic N) is 2. The number of hydrogen-bond donors (Lipinski definition) is 0. The third-order valence-corrected chi connectivity index (χ3v) is 4.85. The maximum atomic E-state index is 11.9. The van der Waals surface area contributed by atoms with E-state index in [1.54, 1.807) is 38.5 Å². The van der Waals surface area contributed by atoms with Gasteiger partial charge in [-0.25, -0.2) is 4.79 Å². The van der Waals surface area contributed by atoms with Gasteiger partial charge in [-0.1, -0.05) is 19.0 Å². The van der Waals surface area contributed by atoms with E-state index in [4.69, 9.17) is 23.2 Å². The first-order valence-electron chi connectivity index (χ1n) is 9.74. The van der Waals surface area contributed by atoms with E-state index < -0.39 is 0 Å². The minimum atomic E-state index is -0.386. The van der Waals surface area contributed by atoms with Crippen molar-refractivity contribution in [3.8, 4) is 28.6 Å². The number of rotatable bonds is 7. The van der Waals surface area contributed by atoms with E-state index in [2.05, 4.69) is 10.1 Å². The van der Waals surface area contributed by atoms with E-state index in [0.29, 0.717) is 40.1 Å². The molecule has 0 spiro atoms. The average Bonchev–Trinajstić information content (AvgIpc) is 3.25. The lowest BCUT2D eigenvalue weighted by Crippen LogP contribution is -2.02. The van der Waals surface area contributed by atoms with Crippen LogP contribution in [0.2, 0.25) is 0 Å². The van der Waals surface area contributed by atoms with Crippen molar-refractivity contribution in [1.29, 1.82) is 0 Å².